The highest BCUT2D eigenvalue weighted by atomic mass is 79.9. The normalized spacial score (nSPS) is 30.2. The lowest BCUT2D eigenvalue weighted by molar-refractivity contribution is -0.0439. The van der Waals surface area contributed by atoms with Gasteiger partial charge in [0, 0.05) is 10.0 Å². The molecule has 0 heterocycles. The van der Waals surface area contributed by atoms with Gasteiger partial charge in [-0.05, 0) is 53.2 Å². The molecular weight excluding hydrogens is 273 g/mol. The van der Waals surface area contributed by atoms with E-state index in [2.05, 4.69) is 21.2 Å². The smallest absolute Gasteiger partial charge is 0.255 e. The van der Waals surface area contributed by atoms with E-state index in [1.54, 1.807) is 12.1 Å². The predicted octanol–water partition coefficient (Wildman–Crippen LogP) is 2.87. The van der Waals surface area contributed by atoms with Crippen molar-refractivity contribution in [2.24, 2.45) is 5.92 Å². The van der Waals surface area contributed by atoms with Crippen LogP contribution in [0, 0.1) is 11.7 Å². The molecule has 3 fully saturated rings. The molecule has 1 aromatic carbocycles. The van der Waals surface area contributed by atoms with Gasteiger partial charge < -0.3 is 5.32 Å². The van der Waals surface area contributed by atoms with E-state index in [0.717, 1.165) is 25.2 Å². The zero-order valence-corrected chi connectivity index (χ0v) is 10.2. The molecule has 16 heavy (non-hydrogen) atoms. The topological polar surface area (TPSA) is 29.1 Å². The van der Waals surface area contributed by atoms with E-state index < -0.39 is 5.82 Å². The van der Waals surface area contributed by atoms with Crippen molar-refractivity contribution in [1.82, 2.24) is 5.32 Å². The van der Waals surface area contributed by atoms with Crippen LogP contribution in [0.3, 0.4) is 0 Å². The fourth-order valence-corrected chi connectivity index (χ4v) is 3.17. The first kappa shape index (κ1) is 10.3. The van der Waals surface area contributed by atoms with Gasteiger partial charge in [0.05, 0.1) is 5.56 Å². The Hall–Kier alpha value is -0.900. The number of amides is 1. The van der Waals surface area contributed by atoms with Crippen molar-refractivity contribution in [1.29, 1.82) is 0 Å². The summed E-state index contributed by atoms with van der Waals surface area (Å²) in [6.45, 7) is 0. The average Bonchev–Trinajstić information content (AvgIpc) is 2.09. The van der Waals surface area contributed by atoms with E-state index in [-0.39, 0.29) is 17.0 Å². The van der Waals surface area contributed by atoms with Gasteiger partial charge in [0.15, 0.2) is 0 Å². The van der Waals surface area contributed by atoms with E-state index in [1.807, 2.05) is 0 Å². The van der Waals surface area contributed by atoms with Crippen molar-refractivity contribution in [2.75, 3.05) is 0 Å². The van der Waals surface area contributed by atoms with E-state index in [0.29, 0.717) is 4.47 Å². The van der Waals surface area contributed by atoms with Crippen LogP contribution in [0.25, 0.3) is 0 Å². The van der Waals surface area contributed by atoms with Crippen molar-refractivity contribution in [3.63, 3.8) is 0 Å². The Morgan fingerprint density at radius 2 is 2.12 bits per heavy atom. The SMILES string of the molecule is O=C(NC12CC(C1)C2)c1c(F)cccc1Br. The lowest BCUT2D eigenvalue weighted by Gasteiger charge is -2.61. The van der Waals surface area contributed by atoms with E-state index in [4.69, 9.17) is 0 Å². The molecule has 3 saturated carbocycles. The van der Waals surface area contributed by atoms with Crippen LogP contribution < -0.4 is 5.32 Å². The van der Waals surface area contributed by atoms with Crippen molar-refractivity contribution in [3.05, 3.63) is 34.1 Å². The number of nitrogens with one attached hydrogen (secondary N) is 1. The van der Waals surface area contributed by atoms with E-state index in [9.17, 15) is 9.18 Å². The molecule has 1 amide bonds. The van der Waals surface area contributed by atoms with Crippen LogP contribution in [0.4, 0.5) is 4.39 Å². The lowest BCUT2D eigenvalue weighted by atomic mass is 9.50. The molecule has 0 atom stereocenters. The largest absolute Gasteiger partial charge is 0.346 e. The van der Waals surface area contributed by atoms with Crippen LogP contribution in [0.2, 0.25) is 0 Å². The molecule has 2 nitrogen and oxygen atoms in total. The first-order valence-electron chi connectivity index (χ1n) is 5.36. The molecule has 4 heteroatoms. The van der Waals surface area contributed by atoms with Crippen LogP contribution in [0.15, 0.2) is 22.7 Å². The lowest BCUT2D eigenvalue weighted by Crippen LogP contribution is -2.68. The summed E-state index contributed by atoms with van der Waals surface area (Å²) in [7, 11) is 0. The van der Waals surface area contributed by atoms with Crippen molar-refractivity contribution in [2.45, 2.75) is 24.8 Å². The van der Waals surface area contributed by atoms with Crippen molar-refractivity contribution < 1.29 is 9.18 Å². The summed E-state index contributed by atoms with van der Waals surface area (Å²) in [6.07, 6.45) is 3.18. The molecule has 0 saturated heterocycles. The van der Waals surface area contributed by atoms with Gasteiger partial charge in [-0.1, -0.05) is 6.07 Å². The Balaban J connectivity index is 1.83. The maximum Gasteiger partial charge on any atom is 0.255 e. The summed E-state index contributed by atoms with van der Waals surface area (Å²) in [5.74, 6) is 0.0194. The Kier molecular flexibility index (Phi) is 2.11. The Bertz CT molecular complexity index is 437. The Morgan fingerprint density at radius 1 is 1.44 bits per heavy atom. The van der Waals surface area contributed by atoms with Crippen LogP contribution in [0.1, 0.15) is 29.6 Å². The number of benzene rings is 1. The minimum absolute atomic E-state index is 0.0104. The monoisotopic (exact) mass is 283 g/mol. The summed E-state index contributed by atoms with van der Waals surface area (Å²) < 4.78 is 14.0. The van der Waals surface area contributed by atoms with Crippen molar-refractivity contribution >= 4 is 21.8 Å². The van der Waals surface area contributed by atoms with Gasteiger partial charge in [0.25, 0.3) is 5.91 Å². The first-order valence-corrected chi connectivity index (χ1v) is 6.15. The summed E-state index contributed by atoms with van der Waals surface area (Å²) in [6, 6.07) is 4.57. The Labute approximate surface area is 101 Å². The molecule has 4 rings (SSSR count). The molecule has 3 aliphatic carbocycles. The molecule has 0 radical (unpaired) electrons. The fraction of sp³-hybridized carbons (Fsp3) is 0.417. The minimum atomic E-state index is -0.474. The third-order valence-corrected chi connectivity index (χ3v) is 4.27. The van der Waals surface area contributed by atoms with Gasteiger partial charge in [0.1, 0.15) is 5.82 Å². The third-order valence-electron chi connectivity index (χ3n) is 3.61. The van der Waals surface area contributed by atoms with Crippen LogP contribution in [-0.2, 0) is 0 Å². The third kappa shape index (κ3) is 1.39. The molecule has 0 aliphatic heterocycles. The molecule has 0 aromatic heterocycles. The van der Waals surface area contributed by atoms with Crippen LogP contribution in [-0.4, -0.2) is 11.4 Å². The second kappa shape index (κ2) is 3.29. The van der Waals surface area contributed by atoms with Gasteiger partial charge in [-0.25, -0.2) is 4.39 Å². The molecule has 3 aliphatic rings. The van der Waals surface area contributed by atoms with Gasteiger partial charge >= 0.3 is 0 Å². The standard InChI is InChI=1S/C12H11BrFNO/c13-8-2-1-3-9(14)10(8)11(16)15-12-4-7(5-12)6-12/h1-3,7H,4-6H2,(H,15,16). The van der Waals surface area contributed by atoms with Gasteiger partial charge in [0.2, 0.25) is 0 Å². The molecule has 1 aromatic rings. The molecule has 1 N–H and O–H groups in total. The predicted molar refractivity (Wildman–Crippen MR) is 61.6 cm³/mol. The second-order valence-corrected chi connectivity index (χ2v) is 5.66. The highest BCUT2D eigenvalue weighted by Crippen LogP contribution is 2.57. The number of carbonyl (C=O) groups is 1. The quantitative estimate of drug-likeness (QED) is 0.889. The number of hydrogen-bond acceptors (Lipinski definition) is 1. The van der Waals surface area contributed by atoms with E-state index >= 15 is 0 Å². The number of halogens is 2. The molecular formula is C12H11BrFNO. The summed E-state index contributed by atoms with van der Waals surface area (Å²) >= 11 is 3.21. The average molecular weight is 284 g/mol. The van der Waals surface area contributed by atoms with Gasteiger partial charge in [-0.3, -0.25) is 4.79 Å². The summed E-state index contributed by atoms with van der Waals surface area (Å²) in [5, 5.41) is 2.95. The van der Waals surface area contributed by atoms with Crippen molar-refractivity contribution in [3.8, 4) is 0 Å². The summed E-state index contributed by atoms with van der Waals surface area (Å²) in [4.78, 5) is 11.9. The molecule has 0 spiro atoms. The van der Waals surface area contributed by atoms with E-state index in [1.165, 1.54) is 6.07 Å². The summed E-state index contributed by atoms with van der Waals surface area (Å²) in [5.41, 5.74) is 0.107. The zero-order valence-electron chi connectivity index (χ0n) is 8.59. The highest BCUT2D eigenvalue weighted by molar-refractivity contribution is 9.10. The Morgan fingerprint density at radius 3 is 2.62 bits per heavy atom. The van der Waals surface area contributed by atoms with Crippen LogP contribution in [0.5, 0.6) is 0 Å². The fourth-order valence-electron chi connectivity index (χ4n) is 2.65. The molecule has 84 valence electrons. The van der Waals surface area contributed by atoms with Crippen LogP contribution >= 0.6 is 15.9 Å². The second-order valence-electron chi connectivity index (χ2n) is 4.81. The van der Waals surface area contributed by atoms with Gasteiger partial charge in [-0.15, -0.1) is 0 Å². The minimum Gasteiger partial charge on any atom is -0.346 e. The highest BCUT2D eigenvalue weighted by Gasteiger charge is 2.57. The van der Waals surface area contributed by atoms with Gasteiger partial charge in [-0.2, -0.15) is 0 Å². The number of rotatable bonds is 2. The number of carbonyl (C=O) groups excluding carboxylic acids is 1. The molecule has 2 bridgehead atoms. The number of hydrogen-bond donors (Lipinski definition) is 1. The molecule has 0 unspecified atom stereocenters. The maximum absolute atomic E-state index is 13.5. The zero-order chi connectivity index (χ0) is 11.3. The maximum atomic E-state index is 13.5. The first-order chi connectivity index (χ1) is 7.60.